The van der Waals surface area contributed by atoms with E-state index in [0.29, 0.717) is 25.3 Å². The summed E-state index contributed by atoms with van der Waals surface area (Å²) >= 11 is 0. The lowest BCUT2D eigenvalue weighted by Crippen LogP contribution is -2.59. The number of carbonyl (C=O) groups is 4. The van der Waals surface area contributed by atoms with Crippen LogP contribution in [0.2, 0.25) is 0 Å². The van der Waals surface area contributed by atoms with Crippen LogP contribution in [0.3, 0.4) is 0 Å². The number of ether oxygens (including phenoxy) is 1. The number of rotatable bonds is 6. The Morgan fingerprint density at radius 2 is 1.98 bits per heavy atom. The molecule has 3 amide bonds. The molecule has 212 valence electrons. The first-order valence-corrected chi connectivity index (χ1v) is 14.1. The fourth-order valence-corrected chi connectivity index (χ4v) is 7.26. The zero-order valence-electron chi connectivity index (χ0n) is 23.0. The molecule has 4 fully saturated rings. The van der Waals surface area contributed by atoms with Crippen molar-refractivity contribution in [2.24, 2.45) is 5.92 Å². The van der Waals surface area contributed by atoms with Crippen molar-refractivity contribution in [2.75, 3.05) is 13.1 Å². The number of benzene rings is 1. The first-order valence-electron chi connectivity index (χ1n) is 14.1. The number of fused-ring (bicyclic) bond motifs is 4. The fourth-order valence-electron chi connectivity index (χ4n) is 7.26. The Morgan fingerprint density at radius 3 is 2.65 bits per heavy atom. The van der Waals surface area contributed by atoms with Crippen LogP contribution in [-0.4, -0.2) is 92.6 Å². The molecule has 1 aromatic rings. The van der Waals surface area contributed by atoms with Crippen molar-refractivity contribution in [1.82, 2.24) is 20.0 Å². The first kappa shape index (κ1) is 26.6. The Morgan fingerprint density at radius 1 is 1.20 bits per heavy atom. The molecule has 0 radical (unpaired) electrons. The third kappa shape index (κ3) is 4.58. The summed E-state index contributed by atoms with van der Waals surface area (Å²) in [6.45, 7) is 5.99. The average molecular weight is 550 g/mol. The summed E-state index contributed by atoms with van der Waals surface area (Å²) in [5, 5.41) is 21.7. The van der Waals surface area contributed by atoms with Crippen LogP contribution in [0.4, 0.5) is 4.79 Å². The molecule has 6 rings (SSSR count). The van der Waals surface area contributed by atoms with E-state index in [2.05, 4.69) is 11.4 Å². The maximum absolute atomic E-state index is 13.8. The summed E-state index contributed by atoms with van der Waals surface area (Å²) in [7, 11) is 0. The van der Waals surface area contributed by atoms with Gasteiger partial charge in [-0.2, -0.15) is 5.26 Å². The van der Waals surface area contributed by atoms with Crippen LogP contribution in [0.5, 0.6) is 0 Å². The number of amides is 3. The number of carbonyl (C=O) groups excluding carboxylic acids is 3. The number of nitriles is 1. The van der Waals surface area contributed by atoms with Crippen LogP contribution in [0.25, 0.3) is 0 Å². The molecule has 3 aliphatic heterocycles. The predicted molar refractivity (Wildman–Crippen MR) is 141 cm³/mol. The Labute approximate surface area is 233 Å². The topological polar surface area (TPSA) is 143 Å². The molecule has 2 N–H and O–H groups in total. The van der Waals surface area contributed by atoms with Gasteiger partial charge in [0.25, 0.3) is 0 Å². The van der Waals surface area contributed by atoms with Gasteiger partial charge in [0.1, 0.15) is 17.7 Å². The van der Waals surface area contributed by atoms with E-state index in [1.165, 1.54) is 0 Å². The number of piperidine rings is 1. The average Bonchev–Trinajstić information content (AvgIpc) is 3.22. The van der Waals surface area contributed by atoms with Crippen molar-refractivity contribution in [3.05, 3.63) is 34.9 Å². The minimum Gasteiger partial charge on any atom is -0.478 e. The molecule has 1 saturated carbocycles. The summed E-state index contributed by atoms with van der Waals surface area (Å²) in [6, 6.07) is 5.45. The highest BCUT2D eigenvalue weighted by Crippen LogP contribution is 2.48. The van der Waals surface area contributed by atoms with E-state index in [0.717, 1.165) is 30.4 Å². The Bertz CT molecular complexity index is 1320. The number of hydrogen-bond donors (Lipinski definition) is 2. The zero-order chi connectivity index (χ0) is 28.5. The van der Waals surface area contributed by atoms with Crippen LogP contribution in [-0.2, 0) is 20.7 Å². The van der Waals surface area contributed by atoms with Gasteiger partial charge in [0.2, 0.25) is 11.8 Å². The van der Waals surface area contributed by atoms with E-state index in [9.17, 15) is 29.5 Å². The standard InChI is InChI=1S/C29H35N5O6/c1-29(2,3)40-28(39)31-21(25(35)33-18(12-30)9-17-10-23(17)33)14-32-13-19-11-24(32)26(36)34(19)22-7-5-15-8-16(27(37)38)4-6-20(15)22/h4,6,8,17-19,21-24H,5,7,9-11,13-14H2,1-3H3,(H,31,39)(H,37,38)/t17-,18+,19+,21+,22-,23+,24+/m1/s1. The Kier molecular flexibility index (Phi) is 6.29. The maximum atomic E-state index is 13.8. The summed E-state index contributed by atoms with van der Waals surface area (Å²) in [5.74, 6) is -0.921. The molecule has 1 aromatic carbocycles. The number of nitrogens with one attached hydrogen (secondary N) is 1. The van der Waals surface area contributed by atoms with Gasteiger partial charge in [-0.25, -0.2) is 9.59 Å². The quantitative estimate of drug-likeness (QED) is 0.549. The van der Waals surface area contributed by atoms with Gasteiger partial charge >= 0.3 is 12.1 Å². The lowest BCUT2D eigenvalue weighted by atomic mass is 10.0. The number of carboxylic acid groups (broad SMARTS) is 1. The van der Waals surface area contributed by atoms with Crippen molar-refractivity contribution in [2.45, 2.75) is 94.7 Å². The number of likely N-dealkylation sites (tertiary alicyclic amines) is 3. The molecule has 40 heavy (non-hydrogen) atoms. The van der Waals surface area contributed by atoms with E-state index >= 15 is 0 Å². The van der Waals surface area contributed by atoms with Gasteiger partial charge in [-0.15, -0.1) is 0 Å². The van der Waals surface area contributed by atoms with Crippen LogP contribution >= 0.6 is 0 Å². The molecule has 0 unspecified atom stereocenters. The molecule has 0 spiro atoms. The normalized spacial score (nSPS) is 31.0. The van der Waals surface area contributed by atoms with Gasteiger partial charge in [-0.3, -0.25) is 14.5 Å². The number of piperazine rings is 1. The van der Waals surface area contributed by atoms with Gasteiger partial charge in [0.05, 0.1) is 23.7 Å². The van der Waals surface area contributed by atoms with Crippen molar-refractivity contribution >= 4 is 23.9 Å². The number of hydrogen-bond acceptors (Lipinski definition) is 7. The minimum atomic E-state index is -0.963. The number of carboxylic acids is 1. The van der Waals surface area contributed by atoms with E-state index < -0.39 is 35.8 Å². The van der Waals surface area contributed by atoms with Gasteiger partial charge in [0.15, 0.2) is 0 Å². The van der Waals surface area contributed by atoms with Gasteiger partial charge in [-0.1, -0.05) is 6.07 Å². The summed E-state index contributed by atoms with van der Waals surface area (Å²) in [6.07, 6.45) is 2.95. The zero-order valence-corrected chi connectivity index (χ0v) is 23.0. The third-order valence-corrected chi connectivity index (χ3v) is 9.00. The molecule has 11 heteroatoms. The second-order valence-corrected chi connectivity index (χ2v) is 12.8. The molecule has 2 aliphatic carbocycles. The van der Waals surface area contributed by atoms with Crippen molar-refractivity contribution < 1.29 is 29.0 Å². The second kappa shape index (κ2) is 9.47. The molecular weight excluding hydrogens is 514 g/mol. The molecule has 3 heterocycles. The van der Waals surface area contributed by atoms with E-state index in [1.807, 2.05) is 15.9 Å². The molecule has 11 nitrogen and oxygen atoms in total. The SMILES string of the molecule is CC(C)(C)OC(=O)N[C@@H](CN1C[C@@H]2C[C@H]1C(=O)N2[C@@H]1CCc2cc(C(=O)O)ccc21)C(=O)N1[C@H](C#N)C[C@@H]2C[C@@H]21. The largest absolute Gasteiger partial charge is 0.478 e. The van der Waals surface area contributed by atoms with Crippen molar-refractivity contribution in [3.63, 3.8) is 0 Å². The van der Waals surface area contributed by atoms with E-state index in [4.69, 9.17) is 4.74 Å². The first-order chi connectivity index (χ1) is 18.9. The van der Waals surface area contributed by atoms with Crippen LogP contribution in [0.1, 0.15) is 74.0 Å². The minimum absolute atomic E-state index is 0.00166. The number of alkyl carbamates (subject to hydrolysis) is 1. The summed E-state index contributed by atoms with van der Waals surface area (Å²) in [5.41, 5.74) is 1.49. The molecule has 3 saturated heterocycles. The highest BCUT2D eigenvalue weighted by atomic mass is 16.6. The number of aryl methyl sites for hydroxylation is 1. The molecule has 2 bridgehead atoms. The van der Waals surface area contributed by atoms with E-state index in [-0.39, 0.29) is 42.0 Å². The summed E-state index contributed by atoms with van der Waals surface area (Å²) < 4.78 is 5.44. The van der Waals surface area contributed by atoms with Gasteiger partial charge in [0, 0.05) is 25.2 Å². The van der Waals surface area contributed by atoms with E-state index in [1.54, 1.807) is 37.8 Å². The third-order valence-electron chi connectivity index (χ3n) is 9.00. The molecule has 5 aliphatic rings. The van der Waals surface area contributed by atoms with Gasteiger partial charge in [-0.05, 0) is 82.1 Å². The van der Waals surface area contributed by atoms with Crippen LogP contribution in [0.15, 0.2) is 18.2 Å². The highest BCUT2D eigenvalue weighted by Gasteiger charge is 2.57. The predicted octanol–water partition coefficient (Wildman–Crippen LogP) is 2.06. The second-order valence-electron chi connectivity index (χ2n) is 12.8. The fraction of sp³-hybridized carbons (Fsp3) is 0.621. The molecule has 7 atom stereocenters. The highest BCUT2D eigenvalue weighted by molar-refractivity contribution is 5.90. The van der Waals surface area contributed by atoms with Crippen molar-refractivity contribution in [1.29, 1.82) is 5.26 Å². The summed E-state index contributed by atoms with van der Waals surface area (Å²) in [4.78, 5) is 57.1. The molecule has 0 aromatic heterocycles. The number of nitrogens with zero attached hydrogens (tertiary/aromatic N) is 4. The van der Waals surface area contributed by atoms with Crippen molar-refractivity contribution in [3.8, 4) is 6.07 Å². The van der Waals surface area contributed by atoms with Gasteiger partial charge < -0.3 is 25.0 Å². The molecular formula is C29H35N5O6. The number of aromatic carboxylic acids is 1. The Balaban J connectivity index is 1.18. The van der Waals surface area contributed by atoms with Crippen LogP contribution in [0, 0.1) is 17.2 Å². The Hall–Kier alpha value is -3.65. The lowest BCUT2D eigenvalue weighted by Gasteiger charge is -2.39. The monoisotopic (exact) mass is 549 g/mol. The van der Waals surface area contributed by atoms with Crippen LogP contribution < -0.4 is 5.32 Å². The lowest BCUT2D eigenvalue weighted by molar-refractivity contribution is -0.141. The smallest absolute Gasteiger partial charge is 0.408 e. The maximum Gasteiger partial charge on any atom is 0.408 e.